The minimum Gasteiger partial charge on any atom is -0.322 e. The quantitative estimate of drug-likeness (QED) is 0.654. The number of nitrogens with one attached hydrogen (secondary N) is 3. The third-order valence-corrected chi connectivity index (χ3v) is 7.52. The molecule has 0 aromatic heterocycles. The van der Waals surface area contributed by atoms with Gasteiger partial charge in [-0.15, -0.1) is 0 Å². The van der Waals surface area contributed by atoms with Gasteiger partial charge in [-0.25, -0.2) is 0 Å². The lowest BCUT2D eigenvalue weighted by molar-refractivity contribution is -0.136. The van der Waals surface area contributed by atoms with E-state index in [0.717, 1.165) is 30.8 Å². The van der Waals surface area contributed by atoms with Crippen LogP contribution in [0.25, 0.3) is 0 Å². The Morgan fingerprint density at radius 1 is 1.17 bits per heavy atom. The molecule has 4 aliphatic rings. The first-order chi connectivity index (χ1) is 14.5. The summed E-state index contributed by atoms with van der Waals surface area (Å²) in [6.45, 7) is 3.47. The Morgan fingerprint density at radius 3 is 2.87 bits per heavy atom. The van der Waals surface area contributed by atoms with Crippen molar-refractivity contribution in [1.82, 2.24) is 20.9 Å². The van der Waals surface area contributed by atoms with Gasteiger partial charge in [-0.3, -0.25) is 19.7 Å². The van der Waals surface area contributed by atoms with Gasteiger partial charge in [0, 0.05) is 37.7 Å². The van der Waals surface area contributed by atoms with Crippen LogP contribution in [-0.4, -0.2) is 47.8 Å². The number of benzene rings is 1. The standard InChI is InChI=1S/C23H30N4O3/c28-20-6-5-19(21(29)26-20)27-13-18-15(3-1-4-17(18)22(27)30)12-25-16-7-9-23(11-16)8-2-10-24-14-23/h1,3-4,16,19,24-25H,2,5-14H2,(H,26,28,29). The maximum absolute atomic E-state index is 13.0. The molecular formula is C23H30N4O3. The van der Waals surface area contributed by atoms with Crippen molar-refractivity contribution in [3.8, 4) is 0 Å². The Balaban J connectivity index is 1.26. The minimum atomic E-state index is -0.558. The maximum atomic E-state index is 13.0. The van der Waals surface area contributed by atoms with E-state index in [0.29, 0.717) is 30.0 Å². The van der Waals surface area contributed by atoms with E-state index in [-0.39, 0.29) is 24.1 Å². The van der Waals surface area contributed by atoms with Crippen molar-refractivity contribution >= 4 is 17.7 Å². The van der Waals surface area contributed by atoms with E-state index in [1.54, 1.807) is 4.90 Å². The zero-order chi connectivity index (χ0) is 20.7. The second-order valence-corrected chi connectivity index (χ2v) is 9.44. The molecule has 30 heavy (non-hydrogen) atoms. The molecule has 7 nitrogen and oxygen atoms in total. The van der Waals surface area contributed by atoms with Gasteiger partial charge < -0.3 is 15.5 Å². The highest BCUT2D eigenvalue weighted by atomic mass is 16.2. The molecule has 1 aromatic rings. The third kappa shape index (κ3) is 3.54. The van der Waals surface area contributed by atoms with Gasteiger partial charge in [-0.2, -0.15) is 0 Å². The SMILES string of the molecule is O=C1CCC(N2Cc3c(CNC4CCC5(CCCNC5)C4)cccc3C2=O)C(=O)N1. The average Bonchev–Trinajstić information content (AvgIpc) is 3.29. The van der Waals surface area contributed by atoms with Gasteiger partial charge >= 0.3 is 0 Å². The van der Waals surface area contributed by atoms with Crippen molar-refractivity contribution in [1.29, 1.82) is 0 Å². The van der Waals surface area contributed by atoms with Crippen molar-refractivity contribution in [3.63, 3.8) is 0 Å². The fraction of sp³-hybridized carbons (Fsp3) is 0.609. The molecule has 7 heteroatoms. The fourth-order valence-corrected chi connectivity index (χ4v) is 5.87. The summed E-state index contributed by atoms with van der Waals surface area (Å²) < 4.78 is 0. The van der Waals surface area contributed by atoms with Crippen LogP contribution in [0.5, 0.6) is 0 Å². The number of amides is 3. The van der Waals surface area contributed by atoms with Crippen LogP contribution in [0.1, 0.15) is 66.4 Å². The van der Waals surface area contributed by atoms with Crippen LogP contribution in [-0.2, 0) is 22.7 Å². The number of carbonyl (C=O) groups is 3. The normalized spacial score (nSPS) is 31.3. The Kier molecular flexibility index (Phi) is 5.11. The number of rotatable bonds is 4. The van der Waals surface area contributed by atoms with E-state index in [4.69, 9.17) is 0 Å². The van der Waals surface area contributed by atoms with E-state index >= 15 is 0 Å². The second-order valence-electron chi connectivity index (χ2n) is 9.44. The van der Waals surface area contributed by atoms with Crippen LogP contribution in [0.15, 0.2) is 18.2 Å². The zero-order valence-corrected chi connectivity index (χ0v) is 17.3. The molecule has 3 N–H and O–H groups in total. The molecule has 2 saturated heterocycles. The van der Waals surface area contributed by atoms with Crippen LogP contribution in [0.4, 0.5) is 0 Å². The largest absolute Gasteiger partial charge is 0.322 e. The highest BCUT2D eigenvalue weighted by Crippen LogP contribution is 2.43. The van der Waals surface area contributed by atoms with Crippen LogP contribution < -0.4 is 16.0 Å². The van der Waals surface area contributed by atoms with E-state index < -0.39 is 6.04 Å². The second kappa shape index (κ2) is 7.78. The predicted molar refractivity (Wildman–Crippen MR) is 112 cm³/mol. The first-order valence-electron chi connectivity index (χ1n) is 11.2. The monoisotopic (exact) mass is 410 g/mol. The van der Waals surface area contributed by atoms with Crippen molar-refractivity contribution < 1.29 is 14.4 Å². The first-order valence-corrected chi connectivity index (χ1v) is 11.2. The number of fused-ring (bicyclic) bond motifs is 1. The lowest BCUT2D eigenvalue weighted by Crippen LogP contribution is -2.52. The summed E-state index contributed by atoms with van der Waals surface area (Å²) in [5, 5.41) is 9.68. The number of piperidine rings is 2. The summed E-state index contributed by atoms with van der Waals surface area (Å²) in [6, 6.07) is 5.83. The first kappa shape index (κ1) is 19.7. The Morgan fingerprint density at radius 2 is 2.07 bits per heavy atom. The molecule has 0 radical (unpaired) electrons. The van der Waals surface area contributed by atoms with Gasteiger partial charge in [0.1, 0.15) is 6.04 Å². The Hall–Kier alpha value is -2.25. The van der Waals surface area contributed by atoms with Gasteiger partial charge in [-0.1, -0.05) is 12.1 Å². The Labute approximate surface area is 177 Å². The highest BCUT2D eigenvalue weighted by Gasteiger charge is 2.41. The summed E-state index contributed by atoms with van der Waals surface area (Å²) in [6.07, 6.45) is 6.99. The molecule has 3 heterocycles. The minimum absolute atomic E-state index is 0.102. The van der Waals surface area contributed by atoms with Gasteiger partial charge in [0.2, 0.25) is 11.8 Å². The summed E-state index contributed by atoms with van der Waals surface area (Å²) in [7, 11) is 0. The van der Waals surface area contributed by atoms with Crippen LogP contribution in [0.3, 0.4) is 0 Å². The smallest absolute Gasteiger partial charge is 0.255 e. The van der Waals surface area contributed by atoms with Gasteiger partial charge in [0.25, 0.3) is 5.91 Å². The van der Waals surface area contributed by atoms with Crippen molar-refractivity contribution in [2.75, 3.05) is 13.1 Å². The number of hydrogen-bond donors (Lipinski definition) is 3. The Bertz CT molecular complexity index is 877. The summed E-state index contributed by atoms with van der Waals surface area (Å²) in [4.78, 5) is 38.3. The van der Waals surface area contributed by atoms with Crippen LogP contribution in [0, 0.1) is 5.41 Å². The number of hydrogen-bond acceptors (Lipinski definition) is 5. The topological polar surface area (TPSA) is 90.5 Å². The zero-order valence-electron chi connectivity index (χ0n) is 17.3. The lowest BCUT2D eigenvalue weighted by Gasteiger charge is -2.34. The molecule has 3 fully saturated rings. The molecule has 3 amide bonds. The molecule has 3 atom stereocenters. The molecule has 1 aromatic carbocycles. The number of nitrogens with zero attached hydrogens (tertiary/aromatic N) is 1. The number of carbonyl (C=O) groups excluding carboxylic acids is 3. The molecule has 1 spiro atoms. The highest BCUT2D eigenvalue weighted by molar-refractivity contribution is 6.05. The van der Waals surface area contributed by atoms with Crippen LogP contribution in [0.2, 0.25) is 0 Å². The molecule has 0 bridgehead atoms. The van der Waals surface area contributed by atoms with Crippen LogP contribution >= 0.6 is 0 Å². The third-order valence-electron chi connectivity index (χ3n) is 7.52. The van der Waals surface area contributed by atoms with Gasteiger partial charge in [0.15, 0.2) is 0 Å². The van der Waals surface area contributed by atoms with E-state index in [1.165, 1.54) is 32.1 Å². The molecular weight excluding hydrogens is 380 g/mol. The molecule has 3 unspecified atom stereocenters. The molecule has 5 rings (SSSR count). The maximum Gasteiger partial charge on any atom is 0.255 e. The van der Waals surface area contributed by atoms with E-state index in [9.17, 15) is 14.4 Å². The molecule has 3 aliphatic heterocycles. The van der Waals surface area contributed by atoms with Crippen molar-refractivity contribution in [3.05, 3.63) is 34.9 Å². The molecule has 1 saturated carbocycles. The summed E-state index contributed by atoms with van der Waals surface area (Å²) in [5.74, 6) is -0.716. The van der Waals surface area contributed by atoms with Gasteiger partial charge in [-0.05, 0) is 67.7 Å². The number of imide groups is 1. The summed E-state index contributed by atoms with van der Waals surface area (Å²) in [5.41, 5.74) is 3.32. The summed E-state index contributed by atoms with van der Waals surface area (Å²) >= 11 is 0. The predicted octanol–water partition coefficient (Wildman–Crippen LogP) is 1.46. The van der Waals surface area contributed by atoms with E-state index in [1.807, 2.05) is 12.1 Å². The molecule has 160 valence electrons. The molecule has 1 aliphatic carbocycles. The fourth-order valence-electron chi connectivity index (χ4n) is 5.87. The van der Waals surface area contributed by atoms with E-state index in [2.05, 4.69) is 22.0 Å². The van der Waals surface area contributed by atoms with Crippen molar-refractivity contribution in [2.24, 2.45) is 5.41 Å². The average molecular weight is 411 g/mol. The lowest BCUT2D eigenvalue weighted by atomic mass is 9.79. The van der Waals surface area contributed by atoms with Crippen molar-refractivity contribution in [2.45, 2.75) is 70.1 Å². The van der Waals surface area contributed by atoms with Gasteiger partial charge in [0.05, 0.1) is 0 Å².